The molecule has 0 radical (unpaired) electrons. The Morgan fingerprint density at radius 1 is 0.708 bits per heavy atom. The van der Waals surface area contributed by atoms with Crippen LogP contribution in [0.2, 0.25) is 0 Å². The van der Waals surface area contributed by atoms with Crippen LogP contribution in [0.25, 0.3) is 0 Å². The molecular weight excluding hydrogens is 296 g/mol. The van der Waals surface area contributed by atoms with Crippen LogP contribution in [0.5, 0.6) is 11.5 Å². The first-order chi connectivity index (χ1) is 11.8. The van der Waals surface area contributed by atoms with Crippen LogP contribution in [0, 0.1) is 0 Å². The fourth-order valence-electron chi connectivity index (χ4n) is 5.53. The summed E-state index contributed by atoms with van der Waals surface area (Å²) in [7, 11) is 3.62. The van der Waals surface area contributed by atoms with E-state index in [1.165, 1.54) is 36.8 Å². The van der Waals surface area contributed by atoms with Gasteiger partial charge in [-0.25, -0.2) is 0 Å². The van der Waals surface area contributed by atoms with Crippen molar-refractivity contribution in [2.45, 2.75) is 50.4 Å². The van der Waals surface area contributed by atoms with Gasteiger partial charge in [0.2, 0.25) is 0 Å². The van der Waals surface area contributed by atoms with Crippen molar-refractivity contribution in [3.05, 3.63) is 57.6 Å². The van der Waals surface area contributed by atoms with Crippen molar-refractivity contribution in [2.75, 3.05) is 14.2 Å². The third-order valence-corrected chi connectivity index (χ3v) is 6.42. The first-order valence-electron chi connectivity index (χ1n) is 9.22. The van der Waals surface area contributed by atoms with E-state index in [9.17, 15) is 0 Å². The molecule has 2 nitrogen and oxygen atoms in total. The van der Waals surface area contributed by atoms with Crippen LogP contribution in [0.1, 0.15) is 70.9 Å². The topological polar surface area (TPSA) is 18.5 Å². The van der Waals surface area contributed by atoms with Gasteiger partial charge in [0.05, 0.1) is 14.2 Å². The van der Waals surface area contributed by atoms with Crippen LogP contribution in [0.4, 0.5) is 0 Å². The number of hydrogen-bond donors (Lipinski definition) is 0. The van der Waals surface area contributed by atoms with E-state index >= 15 is 0 Å². The Labute approximate surface area is 143 Å². The molecule has 0 unspecified atom stereocenters. The molecule has 2 aromatic rings. The summed E-state index contributed by atoms with van der Waals surface area (Å²) in [6, 6.07) is 9.10. The lowest BCUT2D eigenvalue weighted by Gasteiger charge is -2.41. The Hall–Kier alpha value is -1.96. The van der Waals surface area contributed by atoms with Crippen molar-refractivity contribution in [3.63, 3.8) is 0 Å². The zero-order valence-electron chi connectivity index (χ0n) is 14.5. The molecule has 3 aliphatic rings. The van der Waals surface area contributed by atoms with Crippen LogP contribution < -0.4 is 9.47 Å². The van der Waals surface area contributed by atoms with Gasteiger partial charge in [-0.3, -0.25) is 0 Å². The van der Waals surface area contributed by atoms with E-state index in [1.54, 1.807) is 22.3 Å². The summed E-state index contributed by atoms with van der Waals surface area (Å²) in [5, 5.41) is 0. The summed E-state index contributed by atoms with van der Waals surface area (Å²) >= 11 is 0. The molecule has 0 bridgehead atoms. The van der Waals surface area contributed by atoms with Gasteiger partial charge in [-0.05, 0) is 84.0 Å². The van der Waals surface area contributed by atoms with Crippen molar-refractivity contribution >= 4 is 0 Å². The molecule has 0 fully saturated rings. The van der Waals surface area contributed by atoms with Crippen molar-refractivity contribution in [1.29, 1.82) is 0 Å². The third-order valence-electron chi connectivity index (χ3n) is 6.42. The van der Waals surface area contributed by atoms with Gasteiger partial charge in [0.25, 0.3) is 0 Å². The standard InChI is InChI=1S/C22H24O2/c1-23-19-11-9-15-14-6-4-8-18-20(24-2)12-10-16(22(14)18)13-5-3-7-17(19)21(13)15/h9-14H,3-8H2,1-2H3/t13-,14+. The molecule has 3 aliphatic carbocycles. The van der Waals surface area contributed by atoms with E-state index in [1.807, 2.05) is 14.2 Å². The fraction of sp³-hybridized carbons (Fsp3) is 0.455. The maximum absolute atomic E-state index is 5.70. The van der Waals surface area contributed by atoms with E-state index in [4.69, 9.17) is 9.47 Å². The van der Waals surface area contributed by atoms with Crippen molar-refractivity contribution in [3.8, 4) is 11.5 Å². The lowest BCUT2D eigenvalue weighted by Crippen LogP contribution is -2.26. The molecule has 0 saturated carbocycles. The SMILES string of the molecule is COc1ccc2c3c1CCC[C@@H]3c1ccc(OC)c3c1[C@H]2CCC3. The average molecular weight is 320 g/mol. The Morgan fingerprint density at radius 2 is 1.17 bits per heavy atom. The quantitative estimate of drug-likeness (QED) is 0.779. The number of benzene rings is 2. The molecule has 0 heterocycles. The maximum atomic E-state index is 5.70. The summed E-state index contributed by atoms with van der Waals surface area (Å²) < 4.78 is 11.4. The van der Waals surface area contributed by atoms with Crippen LogP contribution in [-0.4, -0.2) is 14.2 Å². The summed E-state index contributed by atoms with van der Waals surface area (Å²) in [5.41, 5.74) is 9.27. The van der Waals surface area contributed by atoms with Gasteiger partial charge in [0.15, 0.2) is 0 Å². The Kier molecular flexibility index (Phi) is 3.16. The molecular formula is C22H24O2. The molecule has 2 atom stereocenters. The van der Waals surface area contributed by atoms with Crippen LogP contribution in [-0.2, 0) is 12.8 Å². The Morgan fingerprint density at radius 3 is 1.58 bits per heavy atom. The number of ether oxygens (including phenoxy) is 2. The molecule has 0 aromatic heterocycles. The summed E-state index contributed by atoms with van der Waals surface area (Å²) in [5.74, 6) is 3.28. The summed E-state index contributed by atoms with van der Waals surface area (Å²) in [6.45, 7) is 0. The van der Waals surface area contributed by atoms with E-state index in [0.29, 0.717) is 11.8 Å². The first-order valence-corrected chi connectivity index (χ1v) is 9.22. The predicted molar refractivity (Wildman–Crippen MR) is 95.6 cm³/mol. The molecule has 0 N–H and O–H groups in total. The van der Waals surface area contributed by atoms with Gasteiger partial charge >= 0.3 is 0 Å². The summed E-state index contributed by atoms with van der Waals surface area (Å²) in [6.07, 6.45) is 7.35. The van der Waals surface area contributed by atoms with Crippen molar-refractivity contribution in [2.24, 2.45) is 0 Å². The fourth-order valence-corrected chi connectivity index (χ4v) is 5.53. The lowest BCUT2D eigenvalue weighted by atomic mass is 9.63. The maximum Gasteiger partial charge on any atom is 0.122 e. The van der Waals surface area contributed by atoms with Gasteiger partial charge in [-0.2, -0.15) is 0 Å². The van der Waals surface area contributed by atoms with Gasteiger partial charge in [0.1, 0.15) is 11.5 Å². The number of rotatable bonds is 2. The van der Waals surface area contributed by atoms with Crippen LogP contribution in [0.3, 0.4) is 0 Å². The van der Waals surface area contributed by atoms with Gasteiger partial charge in [-0.15, -0.1) is 0 Å². The zero-order chi connectivity index (χ0) is 16.3. The predicted octanol–water partition coefficient (Wildman–Crippen LogP) is 4.95. The van der Waals surface area contributed by atoms with Gasteiger partial charge < -0.3 is 9.47 Å². The van der Waals surface area contributed by atoms with Crippen molar-refractivity contribution < 1.29 is 9.47 Å². The molecule has 0 amide bonds. The minimum Gasteiger partial charge on any atom is -0.496 e. The highest BCUT2D eigenvalue weighted by Crippen LogP contribution is 2.55. The Balaban J connectivity index is 1.81. The second kappa shape index (κ2) is 5.27. The Bertz CT molecular complexity index is 752. The monoisotopic (exact) mass is 320 g/mol. The number of fused-ring (bicyclic) bond motifs is 2. The van der Waals surface area contributed by atoms with Gasteiger partial charge in [-0.1, -0.05) is 12.1 Å². The zero-order valence-corrected chi connectivity index (χ0v) is 14.5. The summed E-state index contributed by atoms with van der Waals surface area (Å²) in [4.78, 5) is 0. The molecule has 0 aliphatic heterocycles. The minimum atomic E-state index is 0.549. The molecule has 5 rings (SSSR count). The second-order valence-electron chi connectivity index (χ2n) is 7.39. The lowest BCUT2D eigenvalue weighted by molar-refractivity contribution is 0.397. The number of methoxy groups -OCH3 is 2. The first kappa shape index (κ1) is 14.4. The molecule has 2 heteroatoms. The largest absolute Gasteiger partial charge is 0.496 e. The normalized spacial score (nSPS) is 23.2. The molecule has 2 aromatic carbocycles. The van der Waals surface area contributed by atoms with E-state index in [-0.39, 0.29) is 0 Å². The van der Waals surface area contributed by atoms with E-state index in [2.05, 4.69) is 24.3 Å². The van der Waals surface area contributed by atoms with Crippen LogP contribution >= 0.6 is 0 Å². The third kappa shape index (κ3) is 1.77. The molecule has 0 spiro atoms. The highest BCUT2D eigenvalue weighted by molar-refractivity contribution is 5.63. The van der Waals surface area contributed by atoms with Gasteiger partial charge in [0, 0.05) is 11.8 Å². The second-order valence-corrected chi connectivity index (χ2v) is 7.39. The molecule has 24 heavy (non-hydrogen) atoms. The molecule has 124 valence electrons. The van der Waals surface area contributed by atoms with Crippen LogP contribution in [0.15, 0.2) is 24.3 Å². The highest BCUT2D eigenvalue weighted by Gasteiger charge is 2.39. The molecule has 0 saturated heterocycles. The van der Waals surface area contributed by atoms with E-state index < -0.39 is 0 Å². The average Bonchev–Trinajstić information content (AvgIpc) is 2.65. The minimum absolute atomic E-state index is 0.549. The number of hydrogen-bond acceptors (Lipinski definition) is 2. The van der Waals surface area contributed by atoms with E-state index in [0.717, 1.165) is 24.3 Å². The highest BCUT2D eigenvalue weighted by atomic mass is 16.5. The van der Waals surface area contributed by atoms with Crippen molar-refractivity contribution in [1.82, 2.24) is 0 Å². The smallest absolute Gasteiger partial charge is 0.122 e.